The molecule has 0 atom stereocenters. The predicted octanol–water partition coefficient (Wildman–Crippen LogP) is -3.00. The fourth-order valence-corrected chi connectivity index (χ4v) is 0. The van der Waals surface area contributed by atoms with E-state index in [0.29, 0.717) is 21.0 Å². The van der Waals surface area contributed by atoms with Gasteiger partial charge in [0, 0.05) is 35.6 Å². The van der Waals surface area contributed by atoms with Gasteiger partial charge in [0.2, 0.25) is 0 Å². The van der Waals surface area contributed by atoms with Gasteiger partial charge in [0.15, 0.2) is 0 Å². The number of rotatable bonds is 0. The summed E-state index contributed by atoms with van der Waals surface area (Å²) in [5.74, 6) is 0. The van der Waals surface area contributed by atoms with Gasteiger partial charge in [-0.15, -0.1) is 0 Å². The Hall–Kier alpha value is 2.33. The van der Waals surface area contributed by atoms with Gasteiger partial charge in [-0.2, -0.15) is 0 Å². The van der Waals surface area contributed by atoms with Crippen molar-refractivity contribution in [3.8, 4) is 0 Å². The Morgan fingerprint density at radius 2 is 1.50 bits per heavy atom. The van der Waals surface area contributed by atoms with Crippen molar-refractivity contribution >= 4 is 0 Å². The van der Waals surface area contributed by atoms with E-state index in [2.05, 4.69) is 0 Å². The molecule has 0 bridgehead atoms. The summed E-state index contributed by atoms with van der Waals surface area (Å²) in [6, 6.07) is 0. The van der Waals surface area contributed by atoms with E-state index in [-0.39, 0.29) is 55.9 Å². The average Bonchev–Trinajstić information content (AvgIpc) is 1.00. The van der Waals surface area contributed by atoms with Crippen LogP contribution in [0.2, 0.25) is 0 Å². The molecule has 0 aliphatic rings. The van der Waals surface area contributed by atoms with E-state index >= 15 is 0 Å². The van der Waals surface area contributed by atoms with Gasteiger partial charge < -0.3 is 1.43 Å². The van der Waals surface area contributed by atoms with Crippen molar-refractivity contribution in [2.24, 2.45) is 0 Å². The van der Waals surface area contributed by atoms with Crippen LogP contribution < -0.4 is 18.9 Å². The number of hydrogen-bond acceptors (Lipinski definition) is 1. The molecule has 0 unspecified atom stereocenters. The van der Waals surface area contributed by atoms with Crippen LogP contribution in [-0.2, 0) is 24.3 Å². The zero-order valence-corrected chi connectivity index (χ0v) is 8.26. The Kier molecular flexibility index (Phi) is 74.6. The van der Waals surface area contributed by atoms with Crippen LogP contribution in [0.4, 0.5) is 0 Å². The van der Waals surface area contributed by atoms with E-state index < -0.39 is 0 Å². The van der Waals surface area contributed by atoms with Gasteiger partial charge >= 0.3 is 43.2 Å². The summed E-state index contributed by atoms with van der Waals surface area (Å²) in [4.78, 5) is 0. The summed E-state index contributed by atoms with van der Waals surface area (Å²) in [6.45, 7) is 0. The summed E-state index contributed by atoms with van der Waals surface area (Å²) in [7, 11) is 0. The quantitative estimate of drug-likeness (QED) is 0.422. The van der Waals surface area contributed by atoms with Crippen molar-refractivity contribution in [1.29, 1.82) is 0 Å². The number of hydrogen-bond donors (Lipinski definition) is 0. The van der Waals surface area contributed by atoms with Crippen LogP contribution in [0, 0.1) is 35.6 Å². The normalized spacial score (nSPS) is 0.750. The Labute approximate surface area is 78.8 Å². The van der Waals surface area contributed by atoms with Gasteiger partial charge in [0.05, 0.1) is 0 Å². The summed E-state index contributed by atoms with van der Waals surface area (Å²) in [5, 5.41) is 0. The summed E-state index contributed by atoms with van der Waals surface area (Å²) in [5.41, 5.74) is 0. The van der Waals surface area contributed by atoms with Crippen LogP contribution in [0.25, 0.3) is 0 Å². The zero-order chi connectivity index (χ0) is 2.00. The van der Waals surface area contributed by atoms with Crippen LogP contribution in [-0.4, -0.2) is 0 Å². The molecule has 0 fully saturated rings. The van der Waals surface area contributed by atoms with Crippen molar-refractivity contribution in [3.63, 3.8) is 0 Å². The topological polar surface area (TPSA) is 17.1 Å². The fourth-order valence-electron chi connectivity index (χ4n) is 0. The Morgan fingerprint density at radius 1 is 1.50 bits per heavy atom. The third-order valence-electron chi connectivity index (χ3n) is 0. The van der Waals surface area contributed by atoms with Crippen molar-refractivity contribution in [2.75, 3.05) is 0 Å². The molecule has 0 rings (SSSR count). The summed E-state index contributed by atoms with van der Waals surface area (Å²) in [6.07, 6.45) is 0. The second-order valence-corrected chi connectivity index (χ2v) is 0. The molecule has 0 amide bonds. The molecular weight excluding hydrogens is 255 g/mol. The van der Waals surface area contributed by atoms with E-state index in [9.17, 15) is 0 Å². The SMILES string of the molecule is [H-].[La].[Li+].[O]=[Nb]. The molecular formula is HLaLiNbO. The fraction of sp³-hybridized carbons (Fsp3) is 0. The van der Waals surface area contributed by atoms with Crippen molar-refractivity contribution in [3.05, 3.63) is 0 Å². The van der Waals surface area contributed by atoms with E-state index in [0.717, 1.165) is 0 Å². The molecule has 0 aliphatic heterocycles. The summed E-state index contributed by atoms with van der Waals surface area (Å²) >= 11 is 0.500. The van der Waals surface area contributed by atoms with E-state index in [4.69, 9.17) is 3.25 Å². The van der Waals surface area contributed by atoms with Crippen molar-refractivity contribution in [2.45, 2.75) is 0 Å². The second-order valence-electron chi connectivity index (χ2n) is 0. The first-order valence-electron chi connectivity index (χ1n) is 0.183. The third-order valence-corrected chi connectivity index (χ3v) is 0. The van der Waals surface area contributed by atoms with Crippen LogP contribution in [0.5, 0.6) is 0 Å². The molecule has 0 aromatic rings. The monoisotopic (exact) mass is 256 g/mol. The Morgan fingerprint density at radius 3 is 1.50 bits per heavy atom. The molecule has 0 N–H and O–H groups in total. The molecule has 16 valence electrons. The van der Waals surface area contributed by atoms with Crippen molar-refractivity contribution in [1.82, 2.24) is 0 Å². The first-order chi connectivity index (χ1) is 1.00. The molecule has 1 radical (unpaired) electrons. The molecule has 1 nitrogen and oxygen atoms in total. The molecule has 4 heteroatoms. The first-order valence-corrected chi connectivity index (χ1v) is 1.08. The van der Waals surface area contributed by atoms with Gasteiger partial charge in [-0.05, 0) is 0 Å². The predicted molar refractivity (Wildman–Crippen MR) is 1.80 cm³/mol. The van der Waals surface area contributed by atoms with Crippen LogP contribution in [0.15, 0.2) is 0 Å². The minimum absolute atomic E-state index is 0. The molecule has 0 aliphatic carbocycles. The van der Waals surface area contributed by atoms with Gasteiger partial charge in [-0.3, -0.25) is 0 Å². The van der Waals surface area contributed by atoms with Gasteiger partial charge in [0.25, 0.3) is 0 Å². The minimum atomic E-state index is 0. The standard InChI is InChI=1S/La.Li.Nb.O.H/q;+1;;;-1. The Balaban J connectivity index is -0.00000000167. The van der Waals surface area contributed by atoms with Gasteiger partial charge in [-0.25, -0.2) is 0 Å². The maximum atomic E-state index is 8.30. The van der Waals surface area contributed by atoms with E-state index in [1.54, 1.807) is 0 Å². The average molecular weight is 256 g/mol. The second kappa shape index (κ2) is 18.4. The third kappa shape index (κ3) is 8.84. The summed E-state index contributed by atoms with van der Waals surface area (Å²) < 4.78 is 8.30. The van der Waals surface area contributed by atoms with Gasteiger partial charge in [0.1, 0.15) is 0 Å². The maximum absolute atomic E-state index is 8.30. The van der Waals surface area contributed by atoms with Crippen LogP contribution >= 0.6 is 0 Å². The Bertz CT molecular complexity index is 11.6. The van der Waals surface area contributed by atoms with E-state index in [1.807, 2.05) is 0 Å². The molecule has 0 spiro atoms. The zero-order valence-electron chi connectivity index (χ0n) is 3.43. The molecule has 0 heterocycles. The molecule has 4 heavy (non-hydrogen) atoms. The van der Waals surface area contributed by atoms with Crippen LogP contribution in [0.1, 0.15) is 1.43 Å². The van der Waals surface area contributed by atoms with E-state index in [1.165, 1.54) is 0 Å². The molecule has 0 aromatic heterocycles. The van der Waals surface area contributed by atoms with Crippen LogP contribution in [0.3, 0.4) is 0 Å². The molecule has 0 saturated carbocycles. The van der Waals surface area contributed by atoms with Gasteiger partial charge in [-0.1, -0.05) is 0 Å². The van der Waals surface area contributed by atoms with Crippen molar-refractivity contribution < 1.29 is 80.2 Å². The molecule has 0 saturated heterocycles. The molecule has 0 aromatic carbocycles. The first kappa shape index (κ1) is 16.2.